The maximum Gasteiger partial charge on any atom is 0.467 e. The number of hydrogen-bond donors (Lipinski definition) is 1. The fourth-order valence-electron chi connectivity index (χ4n) is 2.04. The first kappa shape index (κ1) is 15.1. The van der Waals surface area contributed by atoms with Gasteiger partial charge in [-0.25, -0.2) is 0 Å². The van der Waals surface area contributed by atoms with Gasteiger partial charge in [0, 0.05) is 9.77 Å². The zero-order valence-electron chi connectivity index (χ0n) is 11.4. The van der Waals surface area contributed by atoms with E-state index in [1.165, 1.54) is 0 Å². The van der Waals surface area contributed by atoms with Gasteiger partial charge in [-0.3, -0.25) is 4.79 Å². The Kier molecular flexibility index (Phi) is 5.40. The molecule has 0 bridgehead atoms. The summed E-state index contributed by atoms with van der Waals surface area (Å²) in [6.45, 7) is 0.343. The number of nitrogens with two attached hydrogens (primary N) is 1. The van der Waals surface area contributed by atoms with Crippen molar-refractivity contribution in [1.29, 1.82) is 0 Å². The van der Waals surface area contributed by atoms with Crippen molar-refractivity contribution in [2.45, 2.75) is 18.3 Å². The molecule has 0 spiro atoms. The molecule has 2 N–H and O–H groups in total. The molecular formula is C16H16NO3S+. The fourth-order valence-corrected chi connectivity index (χ4v) is 2.60. The van der Waals surface area contributed by atoms with Gasteiger partial charge in [-0.15, -0.1) is 0 Å². The minimum absolute atomic E-state index is 0.0243. The molecule has 0 fully saturated rings. The summed E-state index contributed by atoms with van der Waals surface area (Å²) in [7, 11) is 0. The molecule has 1 atom stereocenters. The van der Waals surface area contributed by atoms with Crippen LogP contribution in [-0.4, -0.2) is 5.91 Å². The third-order valence-electron chi connectivity index (χ3n) is 3.04. The normalized spacial score (nSPS) is 11.6. The van der Waals surface area contributed by atoms with E-state index in [0.717, 1.165) is 16.9 Å². The lowest BCUT2D eigenvalue weighted by Gasteiger charge is -2.10. The third kappa shape index (κ3) is 4.36. The van der Waals surface area contributed by atoms with Crippen LogP contribution < -0.4 is 10.5 Å². The van der Waals surface area contributed by atoms with E-state index in [1.54, 1.807) is 0 Å². The standard InChI is InChI=1S/C16H15NO3S/c17-16(18)10-15(21-19)14-9-5-4-6-12(14)11-20-13-7-2-1-3-8-13/h1-9,15H,10-11H2,(H-,17,18)/p+1. The van der Waals surface area contributed by atoms with Gasteiger partial charge in [0.2, 0.25) is 5.91 Å². The molecule has 0 aliphatic carbocycles. The predicted octanol–water partition coefficient (Wildman–Crippen LogP) is 2.61. The van der Waals surface area contributed by atoms with Crippen molar-refractivity contribution < 1.29 is 13.7 Å². The highest BCUT2D eigenvalue weighted by atomic mass is 32.1. The van der Waals surface area contributed by atoms with Crippen molar-refractivity contribution in [3.63, 3.8) is 0 Å². The van der Waals surface area contributed by atoms with Crippen molar-refractivity contribution in [3.8, 4) is 5.75 Å². The van der Waals surface area contributed by atoms with E-state index in [0.29, 0.717) is 18.3 Å². The predicted molar refractivity (Wildman–Crippen MR) is 81.8 cm³/mol. The first-order chi connectivity index (χ1) is 10.2. The van der Waals surface area contributed by atoms with Gasteiger partial charge in [0.25, 0.3) is 5.25 Å². The molecule has 4 nitrogen and oxygen atoms in total. The maximum absolute atomic E-state index is 11.3. The molecule has 2 aromatic rings. The minimum Gasteiger partial charge on any atom is -0.489 e. The van der Waals surface area contributed by atoms with Crippen molar-refractivity contribution >= 4 is 17.6 Å². The summed E-state index contributed by atoms with van der Waals surface area (Å²) in [4.78, 5) is 11.1. The minimum atomic E-state index is -0.488. The molecule has 0 saturated heterocycles. The summed E-state index contributed by atoms with van der Waals surface area (Å²) in [5.41, 5.74) is 6.88. The number of benzene rings is 2. The number of amides is 1. The van der Waals surface area contributed by atoms with Gasteiger partial charge < -0.3 is 10.5 Å². The molecule has 0 radical (unpaired) electrons. The molecule has 21 heavy (non-hydrogen) atoms. The molecule has 0 aliphatic rings. The number of carbonyl (C=O) groups excluding carboxylic acids is 1. The lowest BCUT2D eigenvalue weighted by Crippen LogP contribution is -2.16. The molecular weight excluding hydrogens is 286 g/mol. The number of para-hydroxylation sites is 1. The van der Waals surface area contributed by atoms with Gasteiger partial charge in [-0.2, -0.15) is 0 Å². The smallest absolute Gasteiger partial charge is 0.467 e. The van der Waals surface area contributed by atoms with Crippen LogP contribution in [0, 0.1) is 0 Å². The average Bonchev–Trinajstić information content (AvgIpc) is 2.52. The van der Waals surface area contributed by atoms with Crippen molar-refractivity contribution in [2.75, 3.05) is 0 Å². The second-order valence-electron chi connectivity index (χ2n) is 4.56. The second kappa shape index (κ2) is 7.50. The van der Waals surface area contributed by atoms with Crippen molar-refractivity contribution in [3.05, 3.63) is 65.7 Å². The van der Waals surface area contributed by atoms with E-state index in [1.807, 2.05) is 54.6 Å². The Morgan fingerprint density at radius 1 is 1.10 bits per heavy atom. The van der Waals surface area contributed by atoms with E-state index in [-0.39, 0.29) is 6.42 Å². The highest BCUT2D eigenvalue weighted by Crippen LogP contribution is 2.24. The number of rotatable bonds is 7. The summed E-state index contributed by atoms with van der Waals surface area (Å²) in [5, 5.41) is -0.488. The van der Waals surface area contributed by atoms with Crippen molar-refractivity contribution in [1.82, 2.24) is 0 Å². The van der Waals surface area contributed by atoms with Crippen LogP contribution in [0.5, 0.6) is 5.75 Å². The van der Waals surface area contributed by atoms with Crippen LogP contribution in [0.1, 0.15) is 22.8 Å². The van der Waals surface area contributed by atoms with Crippen LogP contribution in [0.3, 0.4) is 0 Å². The molecule has 5 heteroatoms. The largest absolute Gasteiger partial charge is 0.489 e. The topological polar surface area (TPSA) is 69.4 Å². The molecule has 1 amide bonds. The molecule has 2 aromatic carbocycles. The van der Waals surface area contributed by atoms with Crippen LogP contribution >= 0.6 is 0 Å². The molecule has 2 rings (SSSR count). The Balaban J connectivity index is 2.16. The van der Waals surface area contributed by atoms with Crippen LogP contribution in [0.15, 0.2) is 54.6 Å². The first-order valence-electron chi connectivity index (χ1n) is 6.53. The summed E-state index contributed by atoms with van der Waals surface area (Å²) < 4.78 is 17.0. The quantitative estimate of drug-likeness (QED) is 0.799. The summed E-state index contributed by atoms with van der Waals surface area (Å²) in [5.74, 6) is 0.274. The fraction of sp³-hybridized carbons (Fsp3) is 0.188. The van der Waals surface area contributed by atoms with Gasteiger partial charge in [-0.05, 0) is 17.7 Å². The Hall–Kier alpha value is -2.27. The van der Waals surface area contributed by atoms with E-state index in [2.05, 4.69) is 0 Å². The molecule has 0 aliphatic heterocycles. The third-order valence-corrected chi connectivity index (χ3v) is 3.70. The van der Waals surface area contributed by atoms with E-state index in [9.17, 15) is 9.00 Å². The Labute approximate surface area is 127 Å². The van der Waals surface area contributed by atoms with Crippen LogP contribution in [0.4, 0.5) is 0 Å². The zero-order chi connectivity index (χ0) is 15.1. The molecule has 0 saturated carbocycles. The van der Waals surface area contributed by atoms with Crippen molar-refractivity contribution in [2.24, 2.45) is 5.73 Å². The lowest BCUT2D eigenvalue weighted by atomic mass is 10.0. The molecule has 1 unspecified atom stereocenters. The van der Waals surface area contributed by atoms with Gasteiger partial charge >= 0.3 is 11.7 Å². The molecule has 0 aromatic heterocycles. The Bertz CT molecular complexity index is 616. The highest BCUT2D eigenvalue weighted by molar-refractivity contribution is 7.65. The first-order valence-corrected chi connectivity index (χ1v) is 7.33. The molecule has 108 valence electrons. The monoisotopic (exact) mass is 302 g/mol. The second-order valence-corrected chi connectivity index (χ2v) is 5.32. The number of ether oxygens (including phenoxy) is 1. The summed E-state index contributed by atoms with van der Waals surface area (Å²) >= 11 is 0.381. The van der Waals surface area contributed by atoms with Crippen LogP contribution in [0.25, 0.3) is 0 Å². The number of carbonyl (C=O) groups is 1. The zero-order valence-corrected chi connectivity index (χ0v) is 12.2. The number of primary amides is 1. The van der Waals surface area contributed by atoms with Crippen LogP contribution in [0.2, 0.25) is 0 Å². The average molecular weight is 302 g/mol. The number of hydrogen-bond acceptors (Lipinski definition) is 3. The van der Waals surface area contributed by atoms with Gasteiger partial charge in [0.15, 0.2) is 0 Å². The van der Waals surface area contributed by atoms with Gasteiger partial charge in [0.05, 0.1) is 6.42 Å². The highest BCUT2D eigenvalue weighted by Gasteiger charge is 2.28. The Morgan fingerprint density at radius 2 is 1.76 bits per heavy atom. The maximum atomic E-state index is 11.3. The van der Waals surface area contributed by atoms with Crippen LogP contribution in [-0.2, 0) is 27.3 Å². The molecule has 0 heterocycles. The Morgan fingerprint density at radius 3 is 2.43 bits per heavy atom. The van der Waals surface area contributed by atoms with E-state index < -0.39 is 11.2 Å². The SMILES string of the molecule is NC(=O)CC([S+]=O)c1ccccc1COc1ccccc1. The van der Waals surface area contributed by atoms with E-state index >= 15 is 0 Å². The summed E-state index contributed by atoms with van der Waals surface area (Å²) in [6.07, 6.45) is 0.0243. The van der Waals surface area contributed by atoms with E-state index in [4.69, 9.17) is 10.5 Å². The summed E-state index contributed by atoms with van der Waals surface area (Å²) in [6, 6.07) is 16.9. The lowest BCUT2D eigenvalue weighted by molar-refractivity contribution is -0.118. The van der Waals surface area contributed by atoms with Gasteiger partial charge in [0.1, 0.15) is 12.4 Å². The van der Waals surface area contributed by atoms with Gasteiger partial charge in [-0.1, -0.05) is 42.5 Å².